The van der Waals surface area contributed by atoms with Crippen LogP contribution in [0.3, 0.4) is 0 Å². The van der Waals surface area contributed by atoms with Crippen molar-refractivity contribution in [2.45, 2.75) is 17.1 Å². The van der Waals surface area contributed by atoms with Crippen LogP contribution in [-0.2, 0) is 10.0 Å². The van der Waals surface area contributed by atoms with E-state index in [0.717, 1.165) is 18.2 Å². The number of thioether (sulfide) groups is 1. The summed E-state index contributed by atoms with van der Waals surface area (Å²) in [6.45, 7) is 2.57. The molecule has 1 N–H and O–H groups in total. The molecule has 0 amide bonds. The van der Waals surface area contributed by atoms with E-state index in [2.05, 4.69) is 0 Å². The minimum atomic E-state index is -3.92. The molecule has 1 atom stereocenters. The molecular weight excluding hydrogens is 305 g/mol. The quantitative estimate of drug-likeness (QED) is 0.917. The van der Waals surface area contributed by atoms with Crippen LogP contribution < -0.4 is 0 Å². The van der Waals surface area contributed by atoms with Crippen molar-refractivity contribution in [1.82, 2.24) is 4.31 Å². The summed E-state index contributed by atoms with van der Waals surface area (Å²) in [6, 6.07) is 2.85. The predicted molar refractivity (Wildman–Crippen MR) is 74.0 cm³/mol. The maximum absolute atomic E-state index is 13.9. The highest BCUT2D eigenvalue weighted by Crippen LogP contribution is 2.26. The zero-order chi connectivity index (χ0) is 14.9. The summed E-state index contributed by atoms with van der Waals surface area (Å²) in [5.74, 6) is -1.67. The van der Waals surface area contributed by atoms with Gasteiger partial charge in [-0.3, -0.25) is 0 Å². The van der Waals surface area contributed by atoms with Gasteiger partial charge in [-0.25, -0.2) is 17.6 Å². The maximum atomic E-state index is 13.9. The summed E-state index contributed by atoms with van der Waals surface area (Å²) in [7, 11) is -3.92. The summed E-state index contributed by atoms with van der Waals surface area (Å²) in [5, 5.41) is 8.91. The van der Waals surface area contributed by atoms with Gasteiger partial charge in [0.15, 0.2) is 0 Å². The van der Waals surface area contributed by atoms with Gasteiger partial charge in [0.2, 0.25) is 10.0 Å². The molecule has 0 bridgehead atoms. The number of benzene rings is 1. The van der Waals surface area contributed by atoms with Crippen molar-refractivity contribution in [1.29, 1.82) is 0 Å². The van der Waals surface area contributed by atoms with Crippen molar-refractivity contribution in [2.24, 2.45) is 0 Å². The number of carboxylic acid groups (broad SMARTS) is 1. The minimum absolute atomic E-state index is 0.153. The summed E-state index contributed by atoms with van der Waals surface area (Å²) >= 11 is 1.67. The summed E-state index contributed by atoms with van der Waals surface area (Å²) in [5.41, 5.74) is -0.274. The molecule has 1 aliphatic heterocycles. The van der Waals surface area contributed by atoms with Crippen LogP contribution in [0.15, 0.2) is 23.1 Å². The molecule has 1 unspecified atom stereocenters. The number of halogens is 1. The summed E-state index contributed by atoms with van der Waals surface area (Å²) in [6.07, 6.45) is 0. The lowest BCUT2D eigenvalue weighted by Crippen LogP contribution is -2.41. The van der Waals surface area contributed by atoms with Crippen LogP contribution in [0.4, 0.5) is 4.39 Å². The Bertz CT molecular complexity index is 632. The third kappa shape index (κ3) is 2.97. The average molecular weight is 319 g/mol. The third-order valence-corrected chi connectivity index (χ3v) is 6.04. The molecule has 1 fully saturated rings. The first-order valence-electron chi connectivity index (χ1n) is 5.97. The first kappa shape index (κ1) is 15.3. The third-order valence-electron chi connectivity index (χ3n) is 3.00. The second-order valence-electron chi connectivity index (χ2n) is 4.49. The molecule has 2 rings (SSSR count). The minimum Gasteiger partial charge on any atom is -0.478 e. The number of nitrogens with zero attached hydrogens (tertiary/aromatic N) is 1. The lowest BCUT2D eigenvalue weighted by atomic mass is 10.2. The second kappa shape index (κ2) is 5.71. The van der Waals surface area contributed by atoms with E-state index in [-0.39, 0.29) is 10.8 Å². The molecule has 0 saturated carbocycles. The van der Waals surface area contributed by atoms with Crippen molar-refractivity contribution in [3.63, 3.8) is 0 Å². The smallest absolute Gasteiger partial charge is 0.335 e. The Morgan fingerprint density at radius 3 is 2.75 bits per heavy atom. The van der Waals surface area contributed by atoms with E-state index in [0.29, 0.717) is 18.8 Å². The Hall–Kier alpha value is -1.12. The molecule has 1 aromatic rings. The van der Waals surface area contributed by atoms with Gasteiger partial charge in [-0.15, -0.1) is 0 Å². The monoisotopic (exact) mass is 319 g/mol. The first-order chi connectivity index (χ1) is 9.32. The van der Waals surface area contributed by atoms with Crippen LogP contribution in [0, 0.1) is 5.82 Å². The fraction of sp³-hybridized carbons (Fsp3) is 0.417. The lowest BCUT2D eigenvalue weighted by molar-refractivity contribution is 0.0696. The highest BCUT2D eigenvalue weighted by molar-refractivity contribution is 8.00. The van der Waals surface area contributed by atoms with E-state index in [1.165, 1.54) is 4.31 Å². The second-order valence-corrected chi connectivity index (χ2v) is 7.95. The fourth-order valence-electron chi connectivity index (χ4n) is 1.99. The SMILES string of the molecule is CC1CN(S(=O)(=O)c2ccc(C(=O)O)cc2F)CCS1. The van der Waals surface area contributed by atoms with Crippen molar-refractivity contribution >= 4 is 27.8 Å². The van der Waals surface area contributed by atoms with Gasteiger partial charge in [0, 0.05) is 24.1 Å². The zero-order valence-corrected chi connectivity index (χ0v) is 12.4. The van der Waals surface area contributed by atoms with Gasteiger partial charge < -0.3 is 5.11 Å². The van der Waals surface area contributed by atoms with Gasteiger partial charge in [-0.2, -0.15) is 16.1 Å². The summed E-state index contributed by atoms with van der Waals surface area (Å²) < 4.78 is 39.9. The Morgan fingerprint density at radius 1 is 1.50 bits per heavy atom. The topological polar surface area (TPSA) is 74.7 Å². The van der Waals surface area contributed by atoms with E-state index in [4.69, 9.17) is 5.11 Å². The van der Waals surface area contributed by atoms with Crippen molar-refractivity contribution < 1.29 is 22.7 Å². The molecular formula is C12H14FNO4S2. The molecule has 1 saturated heterocycles. The zero-order valence-electron chi connectivity index (χ0n) is 10.7. The molecule has 0 aromatic heterocycles. The average Bonchev–Trinajstić information content (AvgIpc) is 2.38. The molecule has 1 heterocycles. The maximum Gasteiger partial charge on any atom is 0.335 e. The first-order valence-corrected chi connectivity index (χ1v) is 8.46. The Balaban J connectivity index is 2.36. The van der Waals surface area contributed by atoms with Gasteiger partial charge in [-0.1, -0.05) is 6.92 Å². The lowest BCUT2D eigenvalue weighted by Gasteiger charge is -2.29. The molecule has 20 heavy (non-hydrogen) atoms. The number of carboxylic acids is 1. The van der Waals surface area contributed by atoms with Gasteiger partial charge >= 0.3 is 5.97 Å². The number of carbonyl (C=O) groups is 1. The number of hydrogen-bond donors (Lipinski definition) is 1. The van der Waals surface area contributed by atoms with Gasteiger partial charge in [0.25, 0.3) is 0 Å². The van der Waals surface area contributed by atoms with Gasteiger partial charge in [0.1, 0.15) is 10.7 Å². The molecule has 110 valence electrons. The number of aromatic carboxylic acids is 1. The van der Waals surface area contributed by atoms with Crippen LogP contribution in [0.25, 0.3) is 0 Å². The van der Waals surface area contributed by atoms with Crippen LogP contribution >= 0.6 is 11.8 Å². The predicted octanol–water partition coefficient (Wildman–Crippen LogP) is 1.65. The largest absolute Gasteiger partial charge is 0.478 e. The van der Waals surface area contributed by atoms with Crippen LogP contribution in [0.5, 0.6) is 0 Å². The normalized spacial score (nSPS) is 20.8. The highest BCUT2D eigenvalue weighted by atomic mass is 32.2. The van der Waals surface area contributed by atoms with Crippen molar-refractivity contribution in [3.05, 3.63) is 29.6 Å². The molecule has 5 nitrogen and oxygen atoms in total. The molecule has 8 heteroatoms. The standard InChI is InChI=1S/C12H14FNO4S2/c1-8-7-14(4-5-19-8)20(17,18)11-3-2-9(12(15)16)6-10(11)13/h2-3,6,8H,4-5,7H2,1H3,(H,15,16). The molecule has 1 aliphatic rings. The molecule has 0 radical (unpaired) electrons. The number of sulfonamides is 1. The van der Waals surface area contributed by atoms with Crippen LogP contribution in [0.1, 0.15) is 17.3 Å². The van der Waals surface area contributed by atoms with E-state index in [1.807, 2.05) is 6.92 Å². The van der Waals surface area contributed by atoms with Crippen LogP contribution in [0.2, 0.25) is 0 Å². The van der Waals surface area contributed by atoms with Gasteiger partial charge in [0.05, 0.1) is 5.56 Å². The van der Waals surface area contributed by atoms with E-state index < -0.39 is 26.7 Å². The molecule has 0 spiro atoms. The highest BCUT2D eigenvalue weighted by Gasteiger charge is 2.31. The van der Waals surface area contributed by atoms with Crippen molar-refractivity contribution in [3.8, 4) is 0 Å². The molecule has 0 aliphatic carbocycles. The molecule has 1 aromatic carbocycles. The van der Waals surface area contributed by atoms with Crippen LogP contribution in [-0.4, -0.2) is 47.9 Å². The van der Waals surface area contributed by atoms with E-state index in [1.54, 1.807) is 11.8 Å². The number of rotatable bonds is 3. The van der Waals surface area contributed by atoms with E-state index >= 15 is 0 Å². The Kier molecular flexibility index (Phi) is 4.36. The van der Waals surface area contributed by atoms with Crippen molar-refractivity contribution in [2.75, 3.05) is 18.8 Å². The Morgan fingerprint density at radius 2 is 2.20 bits per heavy atom. The fourth-order valence-corrected chi connectivity index (χ4v) is 4.79. The van der Waals surface area contributed by atoms with Gasteiger partial charge in [-0.05, 0) is 18.2 Å². The van der Waals surface area contributed by atoms with E-state index in [9.17, 15) is 17.6 Å². The summed E-state index contributed by atoms with van der Waals surface area (Å²) in [4.78, 5) is 10.3. The Labute approximate surface area is 120 Å². The number of hydrogen-bond acceptors (Lipinski definition) is 4.